The Morgan fingerprint density at radius 1 is 1.50 bits per heavy atom. The number of rotatable bonds is 6. The molecule has 0 bridgehead atoms. The molecule has 0 saturated heterocycles. The topological polar surface area (TPSA) is 26.0 Å². The summed E-state index contributed by atoms with van der Waals surface area (Å²) in [5.41, 5.74) is 6.62. The minimum atomic E-state index is 0.820. The molecule has 2 N–H and O–H groups in total. The highest BCUT2D eigenvalue weighted by atomic mass is 32.2. The van der Waals surface area contributed by atoms with Crippen LogP contribution in [0.3, 0.4) is 0 Å². The van der Waals surface area contributed by atoms with Crippen molar-refractivity contribution in [3.63, 3.8) is 0 Å². The minimum Gasteiger partial charge on any atom is -0.330 e. The van der Waals surface area contributed by atoms with Crippen LogP contribution < -0.4 is 5.73 Å². The number of hydrogen-bond donors (Lipinski definition) is 1. The van der Waals surface area contributed by atoms with Crippen LogP contribution in [0.15, 0.2) is 12.2 Å². The van der Waals surface area contributed by atoms with Crippen molar-refractivity contribution in [2.24, 2.45) is 5.73 Å². The molecular weight excluding hydrogens is 142 g/mol. The molecule has 0 unspecified atom stereocenters. The van der Waals surface area contributed by atoms with E-state index in [9.17, 15) is 0 Å². The second kappa shape index (κ2) is 7.16. The second-order valence-electron chi connectivity index (χ2n) is 2.46. The van der Waals surface area contributed by atoms with E-state index in [1.807, 2.05) is 11.8 Å². The molecule has 0 aromatic carbocycles. The zero-order valence-electron chi connectivity index (χ0n) is 6.73. The molecule has 0 fully saturated rings. The lowest BCUT2D eigenvalue weighted by molar-refractivity contribution is 0.941. The Balaban J connectivity index is 2.84. The quantitative estimate of drug-likeness (QED) is 0.474. The fraction of sp³-hybridized carbons (Fsp3) is 0.750. The molecule has 0 spiro atoms. The average molecular weight is 159 g/mol. The first kappa shape index (κ1) is 10.0. The zero-order valence-corrected chi connectivity index (χ0v) is 7.54. The SMILES string of the molecule is C=C(C)CCSCCCN. The summed E-state index contributed by atoms with van der Waals surface area (Å²) in [7, 11) is 0. The van der Waals surface area contributed by atoms with Crippen molar-refractivity contribution in [3.05, 3.63) is 12.2 Å². The number of hydrogen-bond acceptors (Lipinski definition) is 2. The Bertz CT molecular complexity index is 91.3. The van der Waals surface area contributed by atoms with Crippen molar-refractivity contribution in [2.75, 3.05) is 18.1 Å². The van der Waals surface area contributed by atoms with Crippen LogP contribution in [0.4, 0.5) is 0 Å². The molecule has 10 heavy (non-hydrogen) atoms. The molecule has 0 aliphatic carbocycles. The predicted octanol–water partition coefficient (Wildman–Crippen LogP) is 2.03. The van der Waals surface area contributed by atoms with Crippen LogP contribution in [0, 0.1) is 0 Å². The molecule has 0 heterocycles. The van der Waals surface area contributed by atoms with E-state index in [4.69, 9.17) is 5.73 Å². The van der Waals surface area contributed by atoms with Gasteiger partial charge in [-0.2, -0.15) is 11.8 Å². The smallest absolute Gasteiger partial charge is 0.00304 e. The molecule has 0 saturated carbocycles. The van der Waals surface area contributed by atoms with Gasteiger partial charge in [-0.15, -0.1) is 6.58 Å². The van der Waals surface area contributed by atoms with Crippen molar-refractivity contribution in [2.45, 2.75) is 19.8 Å². The highest BCUT2D eigenvalue weighted by Crippen LogP contribution is 2.07. The van der Waals surface area contributed by atoms with Gasteiger partial charge in [0.1, 0.15) is 0 Å². The normalized spacial score (nSPS) is 9.80. The summed E-state index contributed by atoms with van der Waals surface area (Å²) in [6, 6.07) is 0. The molecule has 0 rings (SSSR count). The van der Waals surface area contributed by atoms with Gasteiger partial charge in [0.25, 0.3) is 0 Å². The summed E-state index contributed by atoms with van der Waals surface area (Å²) in [5.74, 6) is 2.40. The average Bonchev–Trinajstić information content (AvgIpc) is 1.87. The number of nitrogens with two attached hydrogens (primary N) is 1. The van der Waals surface area contributed by atoms with Crippen molar-refractivity contribution in [3.8, 4) is 0 Å². The summed E-state index contributed by atoms with van der Waals surface area (Å²) in [4.78, 5) is 0. The lowest BCUT2D eigenvalue weighted by Gasteiger charge is -1.98. The zero-order chi connectivity index (χ0) is 7.82. The maximum atomic E-state index is 5.34. The molecule has 1 nitrogen and oxygen atoms in total. The fourth-order valence-electron chi connectivity index (χ4n) is 0.534. The summed E-state index contributed by atoms with van der Waals surface area (Å²) >= 11 is 1.97. The van der Waals surface area contributed by atoms with Crippen molar-refractivity contribution < 1.29 is 0 Å². The Morgan fingerprint density at radius 3 is 2.70 bits per heavy atom. The van der Waals surface area contributed by atoms with Gasteiger partial charge in [0.05, 0.1) is 0 Å². The highest BCUT2D eigenvalue weighted by Gasteiger charge is 1.88. The molecule has 0 atom stereocenters. The van der Waals surface area contributed by atoms with E-state index < -0.39 is 0 Å². The van der Waals surface area contributed by atoms with E-state index in [1.54, 1.807) is 0 Å². The predicted molar refractivity (Wildman–Crippen MR) is 50.4 cm³/mol. The molecule has 0 aromatic heterocycles. The Morgan fingerprint density at radius 2 is 2.20 bits per heavy atom. The maximum absolute atomic E-state index is 5.34. The van der Waals surface area contributed by atoms with Gasteiger partial charge in [0, 0.05) is 0 Å². The van der Waals surface area contributed by atoms with Gasteiger partial charge in [0.2, 0.25) is 0 Å². The molecule has 0 aromatic rings. The first-order valence-corrected chi connectivity index (χ1v) is 4.85. The van der Waals surface area contributed by atoms with Gasteiger partial charge >= 0.3 is 0 Å². The molecular formula is C8H17NS. The van der Waals surface area contributed by atoms with Crippen LogP contribution in [-0.4, -0.2) is 18.1 Å². The van der Waals surface area contributed by atoms with Gasteiger partial charge < -0.3 is 5.73 Å². The first-order chi connectivity index (χ1) is 4.77. The highest BCUT2D eigenvalue weighted by molar-refractivity contribution is 7.99. The van der Waals surface area contributed by atoms with Crippen molar-refractivity contribution >= 4 is 11.8 Å². The van der Waals surface area contributed by atoms with Crippen LogP contribution in [0.5, 0.6) is 0 Å². The third kappa shape index (κ3) is 8.05. The molecule has 0 radical (unpaired) electrons. The summed E-state index contributed by atoms with van der Waals surface area (Å²) in [6.07, 6.45) is 2.29. The molecule has 0 aliphatic rings. The van der Waals surface area contributed by atoms with E-state index in [0.717, 1.165) is 19.4 Å². The Kier molecular flexibility index (Phi) is 7.20. The minimum absolute atomic E-state index is 0.820. The molecule has 0 amide bonds. The lowest BCUT2D eigenvalue weighted by atomic mass is 10.3. The summed E-state index contributed by atoms with van der Waals surface area (Å²) < 4.78 is 0. The van der Waals surface area contributed by atoms with E-state index >= 15 is 0 Å². The van der Waals surface area contributed by atoms with E-state index in [1.165, 1.54) is 17.1 Å². The van der Waals surface area contributed by atoms with E-state index in [-0.39, 0.29) is 0 Å². The van der Waals surface area contributed by atoms with Crippen LogP contribution in [-0.2, 0) is 0 Å². The Labute approximate surface area is 68.1 Å². The molecule has 60 valence electrons. The van der Waals surface area contributed by atoms with Gasteiger partial charge in [0.15, 0.2) is 0 Å². The number of thioether (sulfide) groups is 1. The van der Waals surface area contributed by atoms with E-state index in [0.29, 0.717) is 0 Å². The van der Waals surface area contributed by atoms with Gasteiger partial charge in [-0.1, -0.05) is 5.57 Å². The van der Waals surface area contributed by atoms with Crippen LogP contribution in [0.2, 0.25) is 0 Å². The van der Waals surface area contributed by atoms with E-state index in [2.05, 4.69) is 13.5 Å². The fourth-order valence-corrected chi connectivity index (χ4v) is 1.60. The molecule has 0 aliphatic heterocycles. The van der Waals surface area contributed by atoms with Crippen LogP contribution in [0.25, 0.3) is 0 Å². The van der Waals surface area contributed by atoms with Gasteiger partial charge in [-0.25, -0.2) is 0 Å². The van der Waals surface area contributed by atoms with Crippen molar-refractivity contribution in [1.82, 2.24) is 0 Å². The standard InChI is InChI=1S/C8H17NS/c1-8(2)4-7-10-6-3-5-9/h1,3-7,9H2,2H3. The van der Waals surface area contributed by atoms with Gasteiger partial charge in [-0.3, -0.25) is 0 Å². The number of allylic oxidation sites excluding steroid dienone is 1. The first-order valence-electron chi connectivity index (χ1n) is 3.69. The van der Waals surface area contributed by atoms with Gasteiger partial charge in [-0.05, 0) is 37.8 Å². The second-order valence-corrected chi connectivity index (χ2v) is 3.69. The van der Waals surface area contributed by atoms with Crippen molar-refractivity contribution in [1.29, 1.82) is 0 Å². The Hall–Kier alpha value is 0.0500. The third-order valence-electron chi connectivity index (χ3n) is 1.17. The summed E-state index contributed by atoms with van der Waals surface area (Å²) in [5, 5.41) is 0. The van der Waals surface area contributed by atoms with Crippen LogP contribution in [0.1, 0.15) is 19.8 Å². The lowest BCUT2D eigenvalue weighted by Crippen LogP contribution is -1.99. The third-order valence-corrected chi connectivity index (χ3v) is 2.24. The maximum Gasteiger partial charge on any atom is -0.00304 e. The monoisotopic (exact) mass is 159 g/mol. The summed E-state index contributed by atoms with van der Waals surface area (Å²) in [6.45, 7) is 6.73. The van der Waals surface area contributed by atoms with Crippen LogP contribution >= 0.6 is 11.8 Å². The molecule has 2 heteroatoms. The largest absolute Gasteiger partial charge is 0.330 e.